The van der Waals surface area contributed by atoms with Crippen molar-refractivity contribution in [1.82, 2.24) is 14.9 Å². The number of nitrogens with zero attached hydrogens (tertiary/aromatic N) is 3. The molecule has 2 unspecified atom stereocenters. The number of hydrogen-bond acceptors (Lipinski definition) is 5. The van der Waals surface area contributed by atoms with Gasteiger partial charge in [-0.25, -0.2) is 9.97 Å². The Morgan fingerprint density at radius 1 is 1.48 bits per heavy atom. The van der Waals surface area contributed by atoms with Gasteiger partial charge in [0.25, 0.3) is 5.91 Å². The first kappa shape index (κ1) is 14.3. The number of amides is 1. The summed E-state index contributed by atoms with van der Waals surface area (Å²) >= 11 is 0. The van der Waals surface area contributed by atoms with Gasteiger partial charge in [-0.2, -0.15) is 0 Å². The number of carbonyl (C=O) groups excluding carboxylic acids is 1. The number of rotatable bonds is 1. The van der Waals surface area contributed by atoms with Crippen LogP contribution in [0, 0.1) is 12.8 Å². The van der Waals surface area contributed by atoms with Gasteiger partial charge in [0, 0.05) is 25.2 Å². The maximum Gasteiger partial charge on any atom is 0.257 e. The lowest BCUT2D eigenvalue weighted by atomic mass is 9.71. The number of piperidine rings is 1. The van der Waals surface area contributed by atoms with Crippen LogP contribution >= 0.6 is 0 Å². The van der Waals surface area contributed by atoms with E-state index >= 15 is 0 Å². The summed E-state index contributed by atoms with van der Waals surface area (Å²) in [5, 5.41) is 10.7. The second-order valence-corrected chi connectivity index (χ2v) is 6.27. The summed E-state index contributed by atoms with van der Waals surface area (Å²) < 4.78 is 0. The fourth-order valence-corrected chi connectivity index (χ4v) is 3.62. The number of aromatic nitrogens is 2. The van der Waals surface area contributed by atoms with E-state index in [1.165, 1.54) is 6.20 Å². The zero-order chi connectivity index (χ0) is 15.0. The minimum atomic E-state index is -0.568. The Labute approximate surface area is 124 Å². The quantitative estimate of drug-likeness (QED) is 0.809. The average molecular weight is 290 g/mol. The molecule has 2 fully saturated rings. The summed E-state index contributed by atoms with van der Waals surface area (Å²) in [6.45, 7) is 2.99. The van der Waals surface area contributed by atoms with E-state index in [0.29, 0.717) is 30.8 Å². The van der Waals surface area contributed by atoms with Crippen LogP contribution in [0.15, 0.2) is 6.20 Å². The zero-order valence-corrected chi connectivity index (χ0v) is 12.4. The van der Waals surface area contributed by atoms with E-state index in [9.17, 15) is 9.90 Å². The van der Waals surface area contributed by atoms with Gasteiger partial charge in [0.1, 0.15) is 0 Å². The van der Waals surface area contributed by atoms with Crippen molar-refractivity contribution >= 4 is 11.9 Å². The molecule has 1 aliphatic heterocycles. The van der Waals surface area contributed by atoms with Gasteiger partial charge >= 0.3 is 0 Å². The zero-order valence-electron chi connectivity index (χ0n) is 12.4. The maximum absolute atomic E-state index is 12.6. The molecule has 0 aromatic carbocycles. The van der Waals surface area contributed by atoms with E-state index in [1.807, 2.05) is 4.90 Å². The van der Waals surface area contributed by atoms with Crippen LogP contribution in [0.5, 0.6) is 0 Å². The van der Waals surface area contributed by atoms with E-state index in [2.05, 4.69) is 9.97 Å². The van der Waals surface area contributed by atoms with Crippen LogP contribution < -0.4 is 5.73 Å². The van der Waals surface area contributed by atoms with Crippen molar-refractivity contribution in [3.8, 4) is 0 Å². The van der Waals surface area contributed by atoms with Gasteiger partial charge in [0.15, 0.2) is 0 Å². The summed E-state index contributed by atoms with van der Waals surface area (Å²) in [7, 11) is 0. The van der Waals surface area contributed by atoms with E-state index in [4.69, 9.17) is 5.73 Å². The standard InChI is InChI=1S/C15H22N4O2/c1-10-12(8-17-14(16)18-10)13(20)19-7-6-15(21)5-3-2-4-11(15)9-19/h8,11,21H,2-7,9H2,1H3,(H2,16,17,18). The van der Waals surface area contributed by atoms with Crippen LogP contribution in [-0.4, -0.2) is 44.6 Å². The first-order valence-corrected chi connectivity index (χ1v) is 7.60. The number of nitrogens with two attached hydrogens (primary N) is 1. The second kappa shape index (κ2) is 5.26. The van der Waals surface area contributed by atoms with Gasteiger partial charge in [-0.15, -0.1) is 0 Å². The van der Waals surface area contributed by atoms with Crippen molar-refractivity contribution in [3.63, 3.8) is 0 Å². The first-order chi connectivity index (χ1) is 9.99. The lowest BCUT2D eigenvalue weighted by Gasteiger charge is -2.47. The van der Waals surface area contributed by atoms with Crippen molar-refractivity contribution in [3.05, 3.63) is 17.5 Å². The maximum atomic E-state index is 12.6. The van der Waals surface area contributed by atoms with E-state index in [1.54, 1.807) is 6.92 Å². The van der Waals surface area contributed by atoms with E-state index in [-0.39, 0.29) is 17.8 Å². The molecule has 0 bridgehead atoms. The normalized spacial score (nSPS) is 29.0. The fraction of sp³-hybridized carbons (Fsp3) is 0.667. The molecule has 0 radical (unpaired) electrons. The summed E-state index contributed by atoms with van der Waals surface area (Å²) in [6, 6.07) is 0. The molecule has 0 spiro atoms. The molecule has 2 heterocycles. The summed E-state index contributed by atoms with van der Waals surface area (Å²) in [5.41, 5.74) is 6.08. The number of nitrogen functional groups attached to an aromatic ring is 1. The third kappa shape index (κ3) is 2.60. The van der Waals surface area contributed by atoms with Crippen molar-refractivity contribution in [2.45, 2.75) is 44.6 Å². The Morgan fingerprint density at radius 3 is 3.05 bits per heavy atom. The highest BCUT2D eigenvalue weighted by molar-refractivity contribution is 5.95. The molecule has 1 amide bonds. The molecule has 114 valence electrons. The number of hydrogen-bond donors (Lipinski definition) is 2. The molecule has 1 saturated heterocycles. The Balaban J connectivity index is 1.77. The van der Waals surface area contributed by atoms with E-state index < -0.39 is 5.60 Å². The van der Waals surface area contributed by atoms with Crippen LogP contribution in [0.2, 0.25) is 0 Å². The smallest absolute Gasteiger partial charge is 0.257 e. The third-order valence-electron chi connectivity index (χ3n) is 4.94. The molecule has 3 rings (SSSR count). The molecule has 1 aromatic heterocycles. The minimum absolute atomic E-state index is 0.0554. The van der Waals surface area contributed by atoms with Crippen LogP contribution in [0.4, 0.5) is 5.95 Å². The minimum Gasteiger partial charge on any atom is -0.389 e. The van der Waals surface area contributed by atoms with Gasteiger partial charge in [-0.3, -0.25) is 4.79 Å². The van der Waals surface area contributed by atoms with Crippen LogP contribution in [0.3, 0.4) is 0 Å². The highest BCUT2D eigenvalue weighted by Crippen LogP contribution is 2.40. The molecular weight excluding hydrogens is 268 g/mol. The average Bonchev–Trinajstić information content (AvgIpc) is 2.45. The van der Waals surface area contributed by atoms with Crippen molar-refractivity contribution in [2.75, 3.05) is 18.8 Å². The molecule has 1 aromatic rings. The molecule has 6 nitrogen and oxygen atoms in total. The molecular formula is C15H22N4O2. The summed E-state index contributed by atoms with van der Waals surface area (Å²) in [6.07, 6.45) is 6.26. The number of fused-ring (bicyclic) bond motifs is 1. The molecule has 3 N–H and O–H groups in total. The molecule has 1 aliphatic carbocycles. The van der Waals surface area contributed by atoms with Gasteiger partial charge in [-0.05, 0) is 26.2 Å². The lowest BCUT2D eigenvalue weighted by Crippen LogP contribution is -2.54. The van der Waals surface area contributed by atoms with Gasteiger partial charge in [-0.1, -0.05) is 12.8 Å². The Morgan fingerprint density at radius 2 is 2.29 bits per heavy atom. The van der Waals surface area contributed by atoms with Gasteiger partial charge in [0.2, 0.25) is 5.95 Å². The van der Waals surface area contributed by atoms with Crippen molar-refractivity contribution in [2.24, 2.45) is 5.92 Å². The van der Waals surface area contributed by atoms with Crippen LogP contribution in [0.1, 0.15) is 48.2 Å². The van der Waals surface area contributed by atoms with Crippen LogP contribution in [0.25, 0.3) is 0 Å². The molecule has 1 saturated carbocycles. The van der Waals surface area contributed by atoms with Crippen molar-refractivity contribution in [1.29, 1.82) is 0 Å². The second-order valence-electron chi connectivity index (χ2n) is 6.27. The number of anilines is 1. The Hall–Kier alpha value is -1.69. The summed E-state index contributed by atoms with van der Waals surface area (Å²) in [4.78, 5) is 22.4. The SMILES string of the molecule is Cc1nc(N)ncc1C(=O)N1CCC2(O)CCCCC2C1. The largest absolute Gasteiger partial charge is 0.389 e. The Bertz CT molecular complexity index is 563. The summed E-state index contributed by atoms with van der Waals surface area (Å²) in [5.74, 6) is 0.323. The third-order valence-corrected chi connectivity index (χ3v) is 4.94. The lowest BCUT2D eigenvalue weighted by molar-refractivity contribution is -0.0886. The fourth-order valence-electron chi connectivity index (χ4n) is 3.62. The predicted octanol–water partition coefficient (Wildman–Crippen LogP) is 1.13. The Kier molecular flexibility index (Phi) is 3.57. The van der Waals surface area contributed by atoms with E-state index in [0.717, 1.165) is 25.7 Å². The van der Waals surface area contributed by atoms with Gasteiger partial charge < -0.3 is 15.7 Å². The first-order valence-electron chi connectivity index (χ1n) is 7.60. The van der Waals surface area contributed by atoms with Crippen molar-refractivity contribution < 1.29 is 9.90 Å². The topological polar surface area (TPSA) is 92.3 Å². The highest BCUT2D eigenvalue weighted by Gasteiger charge is 2.43. The van der Waals surface area contributed by atoms with Gasteiger partial charge in [0.05, 0.1) is 16.9 Å². The highest BCUT2D eigenvalue weighted by atomic mass is 16.3. The number of carbonyl (C=O) groups is 1. The number of aliphatic hydroxyl groups is 1. The predicted molar refractivity (Wildman–Crippen MR) is 78.6 cm³/mol. The van der Waals surface area contributed by atoms with Crippen LogP contribution in [-0.2, 0) is 0 Å². The molecule has 2 atom stereocenters. The number of likely N-dealkylation sites (tertiary alicyclic amines) is 1. The molecule has 2 aliphatic rings. The monoisotopic (exact) mass is 290 g/mol. The molecule has 21 heavy (non-hydrogen) atoms. The number of aryl methyl sites for hydroxylation is 1. The molecule has 6 heteroatoms.